The molecule has 0 amide bonds. The number of nitriles is 1. The summed E-state index contributed by atoms with van der Waals surface area (Å²) in [6.45, 7) is 0. The van der Waals surface area contributed by atoms with Crippen molar-refractivity contribution in [1.29, 1.82) is 5.26 Å². The minimum atomic E-state index is -0.661. The average molecular weight is 231 g/mol. The van der Waals surface area contributed by atoms with Gasteiger partial charge in [-0.25, -0.2) is 0 Å². The molecular formula is C8H4Cl2N2O2. The van der Waals surface area contributed by atoms with Gasteiger partial charge in [-0.3, -0.25) is 10.1 Å². The van der Waals surface area contributed by atoms with Crippen LogP contribution in [0.2, 0.25) is 10.0 Å². The van der Waals surface area contributed by atoms with Crippen molar-refractivity contribution in [2.75, 3.05) is 0 Å². The van der Waals surface area contributed by atoms with Crippen LogP contribution in [0.3, 0.4) is 0 Å². The molecule has 0 bridgehead atoms. The molecule has 0 aliphatic rings. The molecule has 0 heterocycles. The van der Waals surface area contributed by atoms with Crippen molar-refractivity contribution in [2.45, 2.75) is 6.42 Å². The van der Waals surface area contributed by atoms with Crippen molar-refractivity contribution in [3.8, 4) is 6.07 Å². The van der Waals surface area contributed by atoms with E-state index < -0.39 is 4.92 Å². The molecule has 0 saturated carbocycles. The molecule has 0 N–H and O–H groups in total. The fourth-order valence-corrected chi connectivity index (χ4v) is 1.55. The molecular weight excluding hydrogens is 227 g/mol. The Hall–Kier alpha value is -1.31. The van der Waals surface area contributed by atoms with Gasteiger partial charge in [-0.15, -0.1) is 0 Å². The van der Waals surface area contributed by atoms with Gasteiger partial charge in [-0.05, 0) is 11.6 Å². The highest BCUT2D eigenvalue weighted by atomic mass is 35.5. The lowest BCUT2D eigenvalue weighted by molar-refractivity contribution is -0.384. The van der Waals surface area contributed by atoms with Crippen LogP contribution in [-0.2, 0) is 6.42 Å². The molecule has 6 heteroatoms. The second kappa shape index (κ2) is 4.27. The van der Waals surface area contributed by atoms with E-state index in [1.807, 2.05) is 6.07 Å². The number of rotatable bonds is 2. The maximum absolute atomic E-state index is 10.6. The van der Waals surface area contributed by atoms with Gasteiger partial charge in [0.25, 0.3) is 0 Å². The zero-order valence-electron chi connectivity index (χ0n) is 6.83. The van der Waals surface area contributed by atoms with E-state index in [1.165, 1.54) is 12.1 Å². The number of nitro groups is 1. The number of benzene rings is 1. The van der Waals surface area contributed by atoms with Crippen LogP contribution in [0.1, 0.15) is 5.56 Å². The van der Waals surface area contributed by atoms with Crippen molar-refractivity contribution in [1.82, 2.24) is 0 Å². The molecule has 0 aromatic heterocycles. The second-order valence-corrected chi connectivity index (χ2v) is 3.25. The fraction of sp³-hybridized carbons (Fsp3) is 0.125. The van der Waals surface area contributed by atoms with E-state index in [1.54, 1.807) is 0 Å². The van der Waals surface area contributed by atoms with Gasteiger partial charge in [-0.2, -0.15) is 5.26 Å². The lowest BCUT2D eigenvalue weighted by atomic mass is 10.1. The van der Waals surface area contributed by atoms with Crippen LogP contribution < -0.4 is 0 Å². The normalized spacial score (nSPS) is 9.50. The molecule has 1 aromatic carbocycles. The molecule has 0 unspecified atom stereocenters. The predicted molar refractivity (Wildman–Crippen MR) is 52.4 cm³/mol. The maximum Gasteiger partial charge on any atom is 0.306 e. The van der Waals surface area contributed by atoms with Crippen molar-refractivity contribution in [3.05, 3.63) is 37.9 Å². The Kier molecular flexibility index (Phi) is 3.28. The van der Waals surface area contributed by atoms with Crippen LogP contribution in [0.15, 0.2) is 12.1 Å². The van der Waals surface area contributed by atoms with E-state index >= 15 is 0 Å². The van der Waals surface area contributed by atoms with E-state index in [-0.39, 0.29) is 22.2 Å². The van der Waals surface area contributed by atoms with Gasteiger partial charge in [0.15, 0.2) is 0 Å². The Bertz CT molecular complexity index is 426. The Morgan fingerprint density at radius 3 is 2.64 bits per heavy atom. The highest BCUT2D eigenvalue weighted by Gasteiger charge is 2.20. The monoisotopic (exact) mass is 230 g/mol. The zero-order chi connectivity index (χ0) is 10.7. The second-order valence-electron chi connectivity index (χ2n) is 2.46. The quantitative estimate of drug-likeness (QED) is 0.580. The summed E-state index contributed by atoms with van der Waals surface area (Å²) in [7, 11) is 0. The minimum Gasteiger partial charge on any atom is -0.258 e. The molecule has 0 radical (unpaired) electrons. The van der Waals surface area contributed by atoms with Crippen LogP contribution in [-0.4, -0.2) is 4.92 Å². The summed E-state index contributed by atoms with van der Waals surface area (Å²) < 4.78 is 0. The minimum absolute atomic E-state index is 0.0246. The predicted octanol–water partition coefficient (Wildman–Crippen LogP) is 2.97. The van der Waals surface area contributed by atoms with Gasteiger partial charge in [-0.1, -0.05) is 29.3 Å². The summed E-state index contributed by atoms with van der Waals surface area (Å²) in [5, 5.41) is 18.9. The van der Waals surface area contributed by atoms with Crippen molar-refractivity contribution in [2.24, 2.45) is 0 Å². The van der Waals surface area contributed by atoms with Crippen molar-refractivity contribution >= 4 is 28.9 Å². The van der Waals surface area contributed by atoms with E-state index in [9.17, 15) is 10.1 Å². The SMILES string of the molecule is N#CCc1ccc(Cl)c([N+](=O)[O-])c1Cl. The summed E-state index contributed by atoms with van der Waals surface area (Å²) in [6, 6.07) is 4.72. The number of nitrogens with zero attached hydrogens (tertiary/aromatic N) is 2. The molecule has 72 valence electrons. The maximum atomic E-state index is 10.6. The third-order valence-corrected chi connectivity index (χ3v) is 2.33. The van der Waals surface area contributed by atoms with E-state index in [0.29, 0.717) is 5.56 Å². The molecule has 0 spiro atoms. The highest BCUT2D eigenvalue weighted by molar-refractivity contribution is 6.38. The van der Waals surface area contributed by atoms with Gasteiger partial charge >= 0.3 is 5.69 Å². The Balaban J connectivity index is 3.35. The Morgan fingerprint density at radius 2 is 2.14 bits per heavy atom. The van der Waals surface area contributed by atoms with Crippen LogP contribution in [0.5, 0.6) is 0 Å². The smallest absolute Gasteiger partial charge is 0.258 e. The molecule has 4 nitrogen and oxygen atoms in total. The summed E-state index contributed by atoms with van der Waals surface area (Å²) in [5.74, 6) is 0. The van der Waals surface area contributed by atoms with Gasteiger partial charge < -0.3 is 0 Å². The molecule has 0 atom stereocenters. The molecule has 0 saturated heterocycles. The molecule has 0 aliphatic carbocycles. The number of hydrogen-bond donors (Lipinski definition) is 0. The highest BCUT2D eigenvalue weighted by Crippen LogP contribution is 2.34. The number of hydrogen-bond acceptors (Lipinski definition) is 3. The Morgan fingerprint density at radius 1 is 1.50 bits per heavy atom. The standard InChI is InChI=1S/C8H4Cl2N2O2/c9-6-2-1-5(3-4-11)7(10)8(6)12(13)14/h1-2H,3H2. The number of halogens is 2. The first-order valence-corrected chi connectivity index (χ1v) is 4.31. The van der Waals surface area contributed by atoms with Gasteiger partial charge in [0.2, 0.25) is 0 Å². The summed E-state index contributed by atoms with van der Waals surface area (Å²) >= 11 is 11.3. The van der Waals surface area contributed by atoms with Crippen LogP contribution in [0, 0.1) is 21.4 Å². The Labute approximate surface area is 89.8 Å². The van der Waals surface area contributed by atoms with E-state index in [0.717, 1.165) is 0 Å². The number of nitro benzene ring substituents is 1. The first-order chi connectivity index (χ1) is 6.57. The molecule has 1 aromatic rings. The van der Waals surface area contributed by atoms with E-state index in [2.05, 4.69) is 0 Å². The third-order valence-electron chi connectivity index (χ3n) is 1.60. The summed E-state index contributed by atoms with van der Waals surface area (Å²) in [6.07, 6.45) is 0.0246. The third kappa shape index (κ3) is 1.95. The molecule has 14 heavy (non-hydrogen) atoms. The largest absolute Gasteiger partial charge is 0.306 e. The van der Waals surface area contributed by atoms with Crippen LogP contribution in [0.25, 0.3) is 0 Å². The van der Waals surface area contributed by atoms with Gasteiger partial charge in [0, 0.05) is 0 Å². The summed E-state index contributed by atoms with van der Waals surface area (Å²) in [5.41, 5.74) is 0.0614. The average Bonchev–Trinajstić information content (AvgIpc) is 2.10. The molecule has 1 rings (SSSR count). The first kappa shape index (κ1) is 10.8. The van der Waals surface area contributed by atoms with Crippen LogP contribution >= 0.6 is 23.2 Å². The van der Waals surface area contributed by atoms with Crippen molar-refractivity contribution in [3.63, 3.8) is 0 Å². The molecule has 0 fully saturated rings. The molecule has 0 aliphatic heterocycles. The zero-order valence-corrected chi connectivity index (χ0v) is 8.34. The first-order valence-electron chi connectivity index (χ1n) is 3.56. The fourth-order valence-electron chi connectivity index (χ4n) is 0.972. The van der Waals surface area contributed by atoms with Gasteiger partial charge in [0.05, 0.1) is 17.4 Å². The lowest BCUT2D eigenvalue weighted by Gasteiger charge is -2.01. The van der Waals surface area contributed by atoms with E-state index in [4.69, 9.17) is 28.5 Å². The van der Waals surface area contributed by atoms with Gasteiger partial charge in [0.1, 0.15) is 10.0 Å². The lowest BCUT2D eigenvalue weighted by Crippen LogP contribution is -1.94. The summed E-state index contributed by atoms with van der Waals surface area (Å²) in [4.78, 5) is 9.89. The topological polar surface area (TPSA) is 66.9 Å². The van der Waals surface area contributed by atoms with Crippen LogP contribution in [0.4, 0.5) is 5.69 Å². The van der Waals surface area contributed by atoms with Crippen molar-refractivity contribution < 1.29 is 4.92 Å².